The molecule has 6 heteroatoms. The fourth-order valence-electron chi connectivity index (χ4n) is 3.16. The quantitative estimate of drug-likeness (QED) is 0.343. The molecular formula is C26H31NO5. The minimum atomic E-state index is 0.000883. The maximum Gasteiger partial charge on any atom is 0.226 e. The van der Waals surface area contributed by atoms with E-state index < -0.39 is 0 Å². The highest BCUT2D eigenvalue weighted by molar-refractivity contribution is 5.98. The number of benzene rings is 2. The number of rotatable bonds is 11. The largest absolute Gasteiger partial charge is 0.493 e. The van der Waals surface area contributed by atoms with E-state index in [1.807, 2.05) is 50.2 Å². The van der Waals surface area contributed by atoms with Gasteiger partial charge in [0.2, 0.25) is 5.89 Å². The van der Waals surface area contributed by atoms with Crippen LogP contribution in [0.3, 0.4) is 0 Å². The van der Waals surface area contributed by atoms with E-state index in [4.69, 9.17) is 18.6 Å². The van der Waals surface area contributed by atoms with Crippen molar-refractivity contribution in [1.29, 1.82) is 0 Å². The second-order valence-corrected chi connectivity index (χ2v) is 8.30. The van der Waals surface area contributed by atoms with Crippen molar-refractivity contribution in [3.63, 3.8) is 0 Å². The first-order valence-electron chi connectivity index (χ1n) is 10.9. The van der Waals surface area contributed by atoms with Crippen molar-refractivity contribution in [3.8, 4) is 28.7 Å². The van der Waals surface area contributed by atoms with Gasteiger partial charge < -0.3 is 18.6 Å². The Balaban J connectivity index is 1.69. The van der Waals surface area contributed by atoms with E-state index in [2.05, 4.69) is 18.8 Å². The number of nitrogens with zero attached hydrogens (tertiary/aromatic N) is 1. The van der Waals surface area contributed by atoms with Crippen molar-refractivity contribution in [1.82, 2.24) is 4.98 Å². The van der Waals surface area contributed by atoms with Crippen molar-refractivity contribution >= 4 is 5.78 Å². The topological polar surface area (TPSA) is 70.8 Å². The number of carbonyl (C=O) groups excluding carboxylic acids is 1. The number of hydrogen-bond acceptors (Lipinski definition) is 6. The average molecular weight is 438 g/mol. The lowest BCUT2D eigenvalue weighted by molar-refractivity contribution is 0.0976. The minimum absolute atomic E-state index is 0.000883. The molecule has 1 heterocycles. The Labute approximate surface area is 189 Å². The number of aromatic nitrogens is 1. The first-order valence-corrected chi connectivity index (χ1v) is 10.9. The molecule has 0 radical (unpaired) electrons. The lowest BCUT2D eigenvalue weighted by Gasteiger charge is -2.13. The van der Waals surface area contributed by atoms with Crippen LogP contribution in [0.2, 0.25) is 0 Å². The van der Waals surface area contributed by atoms with Crippen molar-refractivity contribution in [3.05, 3.63) is 60.0 Å². The van der Waals surface area contributed by atoms with Gasteiger partial charge in [0, 0.05) is 18.4 Å². The normalized spacial score (nSPS) is 11.1. The van der Waals surface area contributed by atoms with E-state index in [0.717, 1.165) is 11.3 Å². The molecule has 3 aromatic rings. The van der Waals surface area contributed by atoms with Crippen LogP contribution in [0, 0.1) is 5.92 Å². The Kier molecular flexibility index (Phi) is 7.92. The molecule has 0 amide bonds. The number of methoxy groups -OCH3 is 1. The molecule has 0 saturated carbocycles. The Bertz CT molecular complexity index is 1040. The Hall–Kier alpha value is -3.28. The van der Waals surface area contributed by atoms with Gasteiger partial charge in [-0.3, -0.25) is 4.79 Å². The summed E-state index contributed by atoms with van der Waals surface area (Å²) in [7, 11) is 1.61. The standard InChI is InChI=1S/C26H31NO5/c1-17(2)15-30-25-14-19(10-13-24(25)29-5)26-27-20(16-31-26)11-12-22(28)21-8-6-7-9-23(21)32-18(3)4/h6-10,13-14,16-18H,11-12,15H2,1-5H3. The molecule has 3 rings (SSSR count). The van der Waals surface area contributed by atoms with Gasteiger partial charge in [-0.15, -0.1) is 0 Å². The summed E-state index contributed by atoms with van der Waals surface area (Å²) in [5, 5.41) is 0. The molecule has 0 aliphatic heterocycles. The number of ether oxygens (including phenoxy) is 3. The maximum absolute atomic E-state index is 12.8. The van der Waals surface area contributed by atoms with E-state index in [9.17, 15) is 4.79 Å². The fraction of sp³-hybridized carbons (Fsp3) is 0.385. The van der Waals surface area contributed by atoms with Crippen LogP contribution in [0.4, 0.5) is 0 Å². The highest BCUT2D eigenvalue weighted by Crippen LogP contribution is 2.33. The summed E-state index contributed by atoms with van der Waals surface area (Å²) in [6.45, 7) is 8.64. The van der Waals surface area contributed by atoms with Gasteiger partial charge in [0.25, 0.3) is 0 Å². The van der Waals surface area contributed by atoms with Gasteiger partial charge in [-0.05, 0) is 50.1 Å². The average Bonchev–Trinajstić information content (AvgIpc) is 3.25. The van der Waals surface area contributed by atoms with Crippen LogP contribution in [-0.4, -0.2) is 30.6 Å². The van der Waals surface area contributed by atoms with Crippen LogP contribution in [-0.2, 0) is 6.42 Å². The molecule has 0 bridgehead atoms. The van der Waals surface area contributed by atoms with Crippen LogP contribution in [0.1, 0.15) is 50.2 Å². The van der Waals surface area contributed by atoms with Gasteiger partial charge in [-0.1, -0.05) is 26.0 Å². The summed E-state index contributed by atoms with van der Waals surface area (Å²) in [5.41, 5.74) is 2.10. The van der Waals surface area contributed by atoms with Crippen LogP contribution in [0.5, 0.6) is 17.2 Å². The SMILES string of the molecule is COc1ccc(-c2nc(CCC(=O)c3ccccc3OC(C)C)co2)cc1OCC(C)C. The molecular weight excluding hydrogens is 406 g/mol. The number of carbonyl (C=O) groups is 1. The van der Waals surface area contributed by atoms with Crippen molar-refractivity contribution < 1.29 is 23.4 Å². The van der Waals surface area contributed by atoms with Gasteiger partial charge in [-0.25, -0.2) is 4.98 Å². The molecule has 0 saturated heterocycles. The molecule has 1 aromatic heterocycles. The maximum atomic E-state index is 12.8. The second kappa shape index (κ2) is 10.8. The number of ketones is 1. The van der Waals surface area contributed by atoms with Crippen LogP contribution in [0.15, 0.2) is 53.1 Å². The molecule has 170 valence electrons. The number of para-hydroxylation sites is 1. The number of aryl methyl sites for hydroxylation is 1. The molecule has 0 spiro atoms. The zero-order valence-electron chi connectivity index (χ0n) is 19.4. The molecule has 0 unspecified atom stereocenters. The second-order valence-electron chi connectivity index (χ2n) is 8.30. The predicted molar refractivity (Wildman–Crippen MR) is 124 cm³/mol. The summed E-state index contributed by atoms with van der Waals surface area (Å²) in [5.74, 6) is 2.81. The summed E-state index contributed by atoms with van der Waals surface area (Å²) >= 11 is 0. The first-order chi connectivity index (χ1) is 15.4. The summed E-state index contributed by atoms with van der Waals surface area (Å²) in [6.07, 6.45) is 2.39. The molecule has 6 nitrogen and oxygen atoms in total. The van der Waals surface area contributed by atoms with E-state index in [1.165, 1.54) is 0 Å². The number of hydrogen-bond donors (Lipinski definition) is 0. The van der Waals surface area contributed by atoms with Crippen molar-refractivity contribution in [2.45, 2.75) is 46.6 Å². The zero-order chi connectivity index (χ0) is 23.1. The highest BCUT2D eigenvalue weighted by atomic mass is 16.5. The van der Waals surface area contributed by atoms with E-state index in [1.54, 1.807) is 19.4 Å². The Morgan fingerprint density at radius 2 is 1.81 bits per heavy atom. The monoisotopic (exact) mass is 437 g/mol. The minimum Gasteiger partial charge on any atom is -0.493 e. The van der Waals surface area contributed by atoms with E-state index in [-0.39, 0.29) is 11.9 Å². The summed E-state index contributed by atoms with van der Waals surface area (Å²) < 4.78 is 22.7. The van der Waals surface area contributed by atoms with Crippen LogP contribution >= 0.6 is 0 Å². The molecule has 0 fully saturated rings. The van der Waals surface area contributed by atoms with Gasteiger partial charge >= 0.3 is 0 Å². The van der Waals surface area contributed by atoms with Gasteiger partial charge in [0.15, 0.2) is 17.3 Å². The smallest absolute Gasteiger partial charge is 0.226 e. The van der Waals surface area contributed by atoms with Crippen LogP contribution < -0.4 is 14.2 Å². The van der Waals surface area contributed by atoms with Gasteiger partial charge in [-0.2, -0.15) is 0 Å². The number of Topliss-reactive ketones (excluding diaryl/α,β-unsaturated/α-hetero) is 1. The van der Waals surface area contributed by atoms with Crippen molar-refractivity contribution in [2.24, 2.45) is 5.92 Å². The zero-order valence-corrected chi connectivity index (χ0v) is 19.4. The van der Waals surface area contributed by atoms with Crippen molar-refractivity contribution in [2.75, 3.05) is 13.7 Å². The van der Waals surface area contributed by atoms with E-state index >= 15 is 0 Å². The molecule has 0 N–H and O–H groups in total. The summed E-state index contributed by atoms with van der Waals surface area (Å²) in [4.78, 5) is 17.3. The van der Waals surface area contributed by atoms with Gasteiger partial charge in [0.1, 0.15) is 12.0 Å². The molecule has 2 aromatic carbocycles. The Morgan fingerprint density at radius 3 is 2.53 bits per heavy atom. The van der Waals surface area contributed by atoms with Gasteiger partial charge in [0.05, 0.1) is 31.1 Å². The van der Waals surface area contributed by atoms with E-state index in [0.29, 0.717) is 54.1 Å². The lowest BCUT2D eigenvalue weighted by atomic mass is 10.0. The number of oxazole rings is 1. The highest BCUT2D eigenvalue weighted by Gasteiger charge is 2.16. The molecule has 0 atom stereocenters. The third kappa shape index (κ3) is 6.13. The lowest BCUT2D eigenvalue weighted by Crippen LogP contribution is -2.10. The molecule has 32 heavy (non-hydrogen) atoms. The predicted octanol–water partition coefficient (Wildman–Crippen LogP) is 5.99. The molecule has 0 aliphatic carbocycles. The Morgan fingerprint density at radius 1 is 1.03 bits per heavy atom. The third-order valence-corrected chi connectivity index (χ3v) is 4.69. The summed E-state index contributed by atoms with van der Waals surface area (Å²) in [6, 6.07) is 12.9. The molecule has 0 aliphatic rings. The van der Waals surface area contributed by atoms with Crippen LogP contribution in [0.25, 0.3) is 11.5 Å². The fourth-order valence-corrected chi connectivity index (χ4v) is 3.16. The first kappa shape index (κ1) is 23.4. The third-order valence-electron chi connectivity index (χ3n) is 4.69.